The highest BCUT2D eigenvalue weighted by Crippen LogP contribution is 2.23. The van der Waals surface area contributed by atoms with Crippen molar-refractivity contribution in [2.75, 3.05) is 6.54 Å². The Balaban J connectivity index is 2.66. The van der Waals surface area contributed by atoms with Crippen molar-refractivity contribution in [1.29, 1.82) is 0 Å². The number of Topliss-reactive ketones (excluding diaryl/α,β-unsaturated/α-hetero) is 1. The van der Waals surface area contributed by atoms with E-state index in [1.54, 1.807) is 0 Å². The predicted molar refractivity (Wildman–Crippen MR) is 62.1 cm³/mol. The van der Waals surface area contributed by atoms with Crippen molar-refractivity contribution in [3.8, 4) is 0 Å². The van der Waals surface area contributed by atoms with E-state index in [2.05, 4.69) is 5.32 Å². The first-order chi connectivity index (χ1) is 8.40. The van der Waals surface area contributed by atoms with Gasteiger partial charge in [0.2, 0.25) is 0 Å². The fourth-order valence-electron chi connectivity index (χ4n) is 2.07. The zero-order valence-corrected chi connectivity index (χ0v) is 10.0. The Hall–Kier alpha value is -1.47. The molecule has 0 aromatic rings. The van der Waals surface area contributed by atoms with Gasteiger partial charge in [-0.25, -0.2) is 4.79 Å². The van der Waals surface area contributed by atoms with Crippen molar-refractivity contribution in [2.24, 2.45) is 5.73 Å². The van der Waals surface area contributed by atoms with Crippen LogP contribution in [0.15, 0.2) is 0 Å². The standard InChI is InChI=1S/C11H18N2O5/c12-7(9(15)16)3-4-8(14)11(10(17)18)5-1-2-6-13-11/h7,13H,1-6,12H2,(H,15,16)(H,17,18)/t7-,11?/m0/s1. The van der Waals surface area contributed by atoms with Crippen LogP contribution >= 0.6 is 0 Å². The highest BCUT2D eigenvalue weighted by Gasteiger charge is 2.45. The number of aliphatic carboxylic acids is 2. The highest BCUT2D eigenvalue weighted by atomic mass is 16.4. The number of rotatable bonds is 6. The minimum atomic E-state index is -1.56. The summed E-state index contributed by atoms with van der Waals surface area (Å²) in [5.41, 5.74) is 3.73. The zero-order chi connectivity index (χ0) is 13.8. The van der Waals surface area contributed by atoms with Crippen LogP contribution in [0.2, 0.25) is 0 Å². The molecule has 7 heteroatoms. The van der Waals surface area contributed by atoms with Gasteiger partial charge in [0.15, 0.2) is 11.3 Å². The number of carbonyl (C=O) groups is 3. The van der Waals surface area contributed by atoms with Gasteiger partial charge < -0.3 is 15.9 Å². The molecule has 0 aliphatic carbocycles. The monoisotopic (exact) mass is 258 g/mol. The van der Waals surface area contributed by atoms with Gasteiger partial charge in [0, 0.05) is 6.42 Å². The topological polar surface area (TPSA) is 130 Å². The average Bonchev–Trinajstić information content (AvgIpc) is 2.35. The molecule has 7 nitrogen and oxygen atoms in total. The molecule has 0 amide bonds. The number of piperidine rings is 1. The SMILES string of the molecule is N[C@@H](CCC(=O)C1(C(=O)O)CCCCN1)C(=O)O. The molecule has 0 aromatic carbocycles. The van der Waals surface area contributed by atoms with E-state index in [-0.39, 0.29) is 19.3 Å². The summed E-state index contributed by atoms with van der Waals surface area (Å²) in [6.45, 7) is 0.475. The van der Waals surface area contributed by atoms with Crippen LogP contribution in [0.4, 0.5) is 0 Å². The first-order valence-corrected chi connectivity index (χ1v) is 5.90. The largest absolute Gasteiger partial charge is 0.480 e. The maximum Gasteiger partial charge on any atom is 0.331 e. The molecule has 1 fully saturated rings. The fraction of sp³-hybridized carbons (Fsp3) is 0.727. The normalized spacial score (nSPS) is 25.4. The lowest BCUT2D eigenvalue weighted by atomic mass is 9.82. The van der Waals surface area contributed by atoms with Crippen LogP contribution in [-0.2, 0) is 14.4 Å². The third kappa shape index (κ3) is 3.05. The Bertz CT molecular complexity index is 349. The number of hydrogen-bond acceptors (Lipinski definition) is 5. The molecule has 1 saturated heterocycles. The number of ketones is 1. The second-order valence-electron chi connectivity index (χ2n) is 4.50. The number of hydrogen-bond donors (Lipinski definition) is 4. The Morgan fingerprint density at radius 3 is 2.39 bits per heavy atom. The highest BCUT2D eigenvalue weighted by molar-refractivity contribution is 6.08. The second kappa shape index (κ2) is 5.92. The average molecular weight is 258 g/mol. The molecule has 0 bridgehead atoms. The molecule has 1 rings (SSSR count). The number of carboxylic acid groups (broad SMARTS) is 2. The van der Waals surface area contributed by atoms with E-state index in [4.69, 9.17) is 10.8 Å². The summed E-state index contributed by atoms with van der Waals surface area (Å²) >= 11 is 0. The van der Waals surface area contributed by atoms with E-state index < -0.39 is 29.3 Å². The molecule has 1 heterocycles. The first kappa shape index (κ1) is 14.6. The Kier molecular flexibility index (Phi) is 4.80. The molecule has 0 spiro atoms. The van der Waals surface area contributed by atoms with Crippen molar-refractivity contribution in [3.05, 3.63) is 0 Å². The Morgan fingerprint density at radius 2 is 1.94 bits per heavy atom. The van der Waals surface area contributed by atoms with Crippen molar-refractivity contribution < 1.29 is 24.6 Å². The van der Waals surface area contributed by atoms with Crippen LogP contribution in [0, 0.1) is 0 Å². The van der Waals surface area contributed by atoms with E-state index in [9.17, 15) is 19.5 Å². The third-order valence-corrected chi connectivity index (χ3v) is 3.25. The molecule has 0 radical (unpaired) electrons. The summed E-state index contributed by atoms with van der Waals surface area (Å²) in [6.07, 6.45) is 1.54. The summed E-state index contributed by atoms with van der Waals surface area (Å²) < 4.78 is 0. The maximum absolute atomic E-state index is 12.0. The van der Waals surface area contributed by atoms with Gasteiger partial charge in [0.25, 0.3) is 0 Å². The summed E-state index contributed by atoms with van der Waals surface area (Å²) in [4.78, 5) is 33.8. The molecule has 1 aliphatic heterocycles. The van der Waals surface area contributed by atoms with Gasteiger partial charge in [0.1, 0.15) is 6.04 Å². The van der Waals surface area contributed by atoms with Gasteiger partial charge in [-0.2, -0.15) is 0 Å². The van der Waals surface area contributed by atoms with Crippen molar-refractivity contribution >= 4 is 17.7 Å². The van der Waals surface area contributed by atoms with Gasteiger partial charge in [-0.15, -0.1) is 0 Å². The molecule has 1 aliphatic rings. The zero-order valence-electron chi connectivity index (χ0n) is 10.0. The molecule has 5 N–H and O–H groups in total. The lowest BCUT2D eigenvalue weighted by Crippen LogP contribution is -2.60. The van der Waals surface area contributed by atoms with Crippen LogP contribution in [0.1, 0.15) is 32.1 Å². The predicted octanol–water partition coefficient (Wildman–Crippen LogP) is -0.655. The van der Waals surface area contributed by atoms with Crippen LogP contribution in [0.3, 0.4) is 0 Å². The minimum absolute atomic E-state index is 0.0507. The van der Waals surface area contributed by atoms with E-state index in [0.29, 0.717) is 13.0 Å². The van der Waals surface area contributed by atoms with E-state index in [1.165, 1.54) is 0 Å². The second-order valence-corrected chi connectivity index (χ2v) is 4.50. The molecule has 0 aromatic heterocycles. The lowest BCUT2D eigenvalue weighted by molar-refractivity contribution is -0.151. The molecule has 1 unspecified atom stereocenters. The van der Waals surface area contributed by atoms with E-state index >= 15 is 0 Å². The molecule has 0 saturated carbocycles. The van der Waals surface area contributed by atoms with Crippen LogP contribution in [0.25, 0.3) is 0 Å². The van der Waals surface area contributed by atoms with Crippen LogP contribution in [0.5, 0.6) is 0 Å². The van der Waals surface area contributed by atoms with Gasteiger partial charge in [-0.1, -0.05) is 0 Å². The van der Waals surface area contributed by atoms with Crippen molar-refractivity contribution in [2.45, 2.75) is 43.7 Å². The third-order valence-electron chi connectivity index (χ3n) is 3.25. The van der Waals surface area contributed by atoms with Crippen molar-refractivity contribution in [1.82, 2.24) is 5.32 Å². The number of nitrogens with one attached hydrogen (secondary N) is 1. The van der Waals surface area contributed by atoms with Gasteiger partial charge in [-0.05, 0) is 32.2 Å². The van der Waals surface area contributed by atoms with Gasteiger partial charge >= 0.3 is 11.9 Å². The summed E-state index contributed by atoms with van der Waals surface area (Å²) in [5.74, 6) is -2.88. The quantitative estimate of drug-likeness (QED) is 0.465. The maximum atomic E-state index is 12.0. The summed E-state index contributed by atoms with van der Waals surface area (Å²) in [6, 6.07) is -1.14. The number of carbonyl (C=O) groups excluding carboxylic acids is 1. The van der Waals surface area contributed by atoms with E-state index in [1.807, 2.05) is 0 Å². The van der Waals surface area contributed by atoms with Gasteiger partial charge in [0.05, 0.1) is 0 Å². The number of nitrogens with two attached hydrogens (primary N) is 1. The Morgan fingerprint density at radius 1 is 1.28 bits per heavy atom. The molecular formula is C11H18N2O5. The molecular weight excluding hydrogens is 240 g/mol. The Labute approximate surface area is 104 Å². The van der Waals surface area contributed by atoms with Crippen LogP contribution in [-0.4, -0.2) is 46.1 Å². The number of carboxylic acids is 2. The molecule has 18 heavy (non-hydrogen) atoms. The lowest BCUT2D eigenvalue weighted by Gasteiger charge is -2.33. The minimum Gasteiger partial charge on any atom is -0.480 e. The van der Waals surface area contributed by atoms with E-state index in [0.717, 1.165) is 6.42 Å². The van der Waals surface area contributed by atoms with Gasteiger partial charge in [-0.3, -0.25) is 14.9 Å². The fourth-order valence-corrected chi connectivity index (χ4v) is 2.07. The summed E-state index contributed by atoms with van der Waals surface area (Å²) in [7, 11) is 0. The summed E-state index contributed by atoms with van der Waals surface area (Å²) in [5, 5.41) is 20.6. The molecule has 102 valence electrons. The molecule has 2 atom stereocenters. The van der Waals surface area contributed by atoms with Crippen LogP contribution < -0.4 is 11.1 Å². The van der Waals surface area contributed by atoms with Crippen molar-refractivity contribution in [3.63, 3.8) is 0 Å². The smallest absolute Gasteiger partial charge is 0.331 e. The first-order valence-electron chi connectivity index (χ1n) is 5.90.